The fourth-order valence-electron chi connectivity index (χ4n) is 1.76. The Morgan fingerprint density at radius 3 is 2.95 bits per heavy atom. The van der Waals surface area contributed by atoms with Crippen LogP contribution in [0.3, 0.4) is 0 Å². The summed E-state index contributed by atoms with van der Waals surface area (Å²) in [7, 11) is 0. The average Bonchev–Trinajstić information content (AvgIpc) is 2.77. The lowest BCUT2D eigenvalue weighted by molar-refractivity contribution is 0.0696. The SMILES string of the molecule is CCn1nc(C)cc1CSc1cc(C(=O)O)ccn1. The van der Waals surface area contributed by atoms with Crippen LogP contribution >= 0.6 is 11.8 Å². The predicted molar refractivity (Wildman–Crippen MR) is 73.4 cm³/mol. The molecule has 0 radical (unpaired) electrons. The minimum atomic E-state index is -0.932. The van der Waals surface area contributed by atoms with E-state index in [1.165, 1.54) is 24.0 Å². The van der Waals surface area contributed by atoms with Crippen LogP contribution in [0.5, 0.6) is 0 Å². The Morgan fingerprint density at radius 1 is 1.47 bits per heavy atom. The summed E-state index contributed by atoms with van der Waals surface area (Å²) < 4.78 is 1.95. The first-order valence-electron chi connectivity index (χ1n) is 5.95. The molecule has 100 valence electrons. The van der Waals surface area contributed by atoms with Gasteiger partial charge in [-0.05, 0) is 32.0 Å². The topological polar surface area (TPSA) is 68.0 Å². The number of hydrogen-bond donors (Lipinski definition) is 1. The first-order chi connectivity index (χ1) is 9.10. The van der Waals surface area contributed by atoms with E-state index in [1.54, 1.807) is 6.07 Å². The first kappa shape index (κ1) is 13.6. The van der Waals surface area contributed by atoms with Crippen LogP contribution in [0.2, 0.25) is 0 Å². The minimum Gasteiger partial charge on any atom is -0.478 e. The molecular formula is C13H15N3O2S. The maximum absolute atomic E-state index is 10.9. The number of pyridine rings is 1. The lowest BCUT2D eigenvalue weighted by atomic mass is 10.3. The van der Waals surface area contributed by atoms with Crippen LogP contribution < -0.4 is 0 Å². The van der Waals surface area contributed by atoms with E-state index in [4.69, 9.17) is 5.11 Å². The summed E-state index contributed by atoms with van der Waals surface area (Å²) in [5, 5.41) is 14.0. The highest BCUT2D eigenvalue weighted by atomic mass is 32.2. The number of nitrogens with zero attached hydrogens (tertiary/aromatic N) is 3. The molecule has 0 saturated heterocycles. The van der Waals surface area contributed by atoms with Gasteiger partial charge in [0.1, 0.15) is 0 Å². The van der Waals surface area contributed by atoms with Gasteiger partial charge < -0.3 is 5.11 Å². The molecule has 0 aliphatic carbocycles. The zero-order valence-electron chi connectivity index (χ0n) is 10.8. The van der Waals surface area contributed by atoms with Crippen molar-refractivity contribution in [1.29, 1.82) is 0 Å². The number of aryl methyl sites for hydroxylation is 2. The predicted octanol–water partition coefficient (Wildman–Crippen LogP) is 2.60. The van der Waals surface area contributed by atoms with Gasteiger partial charge in [0.05, 0.1) is 16.3 Å². The molecule has 0 amide bonds. The van der Waals surface area contributed by atoms with Crippen molar-refractivity contribution >= 4 is 17.7 Å². The van der Waals surface area contributed by atoms with E-state index < -0.39 is 5.97 Å². The Bertz CT molecular complexity index is 595. The summed E-state index contributed by atoms with van der Waals surface area (Å²) in [4.78, 5) is 15.0. The Morgan fingerprint density at radius 2 is 2.26 bits per heavy atom. The molecule has 2 rings (SSSR count). The molecule has 6 heteroatoms. The second-order valence-corrected chi connectivity index (χ2v) is 5.07. The molecule has 0 unspecified atom stereocenters. The molecule has 5 nitrogen and oxygen atoms in total. The summed E-state index contributed by atoms with van der Waals surface area (Å²) in [6.07, 6.45) is 1.52. The smallest absolute Gasteiger partial charge is 0.335 e. The van der Waals surface area contributed by atoms with Gasteiger partial charge in [-0.3, -0.25) is 4.68 Å². The number of rotatable bonds is 5. The van der Waals surface area contributed by atoms with Crippen LogP contribution in [-0.4, -0.2) is 25.8 Å². The van der Waals surface area contributed by atoms with E-state index >= 15 is 0 Å². The Kier molecular flexibility index (Phi) is 4.21. The maximum Gasteiger partial charge on any atom is 0.335 e. The fourth-order valence-corrected chi connectivity index (χ4v) is 2.63. The highest BCUT2D eigenvalue weighted by Crippen LogP contribution is 2.22. The second kappa shape index (κ2) is 5.88. The van der Waals surface area contributed by atoms with Crippen LogP contribution in [0.4, 0.5) is 0 Å². The van der Waals surface area contributed by atoms with Gasteiger partial charge >= 0.3 is 5.97 Å². The van der Waals surface area contributed by atoms with Gasteiger partial charge in [-0.2, -0.15) is 5.10 Å². The van der Waals surface area contributed by atoms with E-state index in [0.717, 1.165) is 23.7 Å². The van der Waals surface area contributed by atoms with E-state index in [9.17, 15) is 4.79 Å². The lowest BCUT2D eigenvalue weighted by Gasteiger charge is -2.04. The molecule has 0 saturated carbocycles. The molecule has 0 bridgehead atoms. The number of carboxylic acids is 1. The molecule has 0 atom stereocenters. The van der Waals surface area contributed by atoms with Crippen molar-refractivity contribution < 1.29 is 9.90 Å². The molecule has 0 spiro atoms. The highest BCUT2D eigenvalue weighted by molar-refractivity contribution is 7.98. The number of aromatic nitrogens is 3. The van der Waals surface area contributed by atoms with E-state index in [-0.39, 0.29) is 5.56 Å². The molecule has 0 aromatic carbocycles. The monoisotopic (exact) mass is 277 g/mol. The Balaban J connectivity index is 2.09. The van der Waals surface area contributed by atoms with Gasteiger partial charge in [0.2, 0.25) is 0 Å². The van der Waals surface area contributed by atoms with Crippen LogP contribution in [0.25, 0.3) is 0 Å². The number of aromatic carboxylic acids is 1. The van der Waals surface area contributed by atoms with Crippen molar-refractivity contribution in [3.63, 3.8) is 0 Å². The van der Waals surface area contributed by atoms with Gasteiger partial charge in [0.25, 0.3) is 0 Å². The summed E-state index contributed by atoms with van der Waals surface area (Å²) >= 11 is 1.51. The third-order valence-electron chi connectivity index (χ3n) is 2.63. The van der Waals surface area contributed by atoms with Crippen LogP contribution in [0.15, 0.2) is 29.4 Å². The average molecular weight is 277 g/mol. The number of thioether (sulfide) groups is 1. The normalized spacial score (nSPS) is 10.6. The van der Waals surface area contributed by atoms with Crippen molar-refractivity contribution in [2.24, 2.45) is 0 Å². The third-order valence-corrected chi connectivity index (χ3v) is 3.59. The molecule has 2 heterocycles. The van der Waals surface area contributed by atoms with Crippen LogP contribution in [0.1, 0.15) is 28.7 Å². The molecule has 2 aromatic rings. The fraction of sp³-hybridized carbons (Fsp3) is 0.308. The van der Waals surface area contributed by atoms with Gasteiger partial charge in [-0.1, -0.05) is 0 Å². The zero-order valence-corrected chi connectivity index (χ0v) is 11.6. The summed E-state index contributed by atoms with van der Waals surface area (Å²) in [6, 6.07) is 5.12. The summed E-state index contributed by atoms with van der Waals surface area (Å²) in [5.41, 5.74) is 2.37. The van der Waals surface area contributed by atoms with Crippen molar-refractivity contribution in [3.05, 3.63) is 41.3 Å². The van der Waals surface area contributed by atoms with Gasteiger partial charge in [0, 0.05) is 24.2 Å². The van der Waals surface area contributed by atoms with Gasteiger partial charge in [-0.25, -0.2) is 9.78 Å². The molecule has 1 N–H and O–H groups in total. The zero-order chi connectivity index (χ0) is 13.8. The lowest BCUT2D eigenvalue weighted by Crippen LogP contribution is -2.01. The molecule has 0 aliphatic heterocycles. The summed E-state index contributed by atoms with van der Waals surface area (Å²) in [5.74, 6) is -0.205. The molecular weight excluding hydrogens is 262 g/mol. The van der Waals surface area contributed by atoms with E-state index in [1.807, 2.05) is 24.6 Å². The van der Waals surface area contributed by atoms with Crippen molar-refractivity contribution in [2.45, 2.75) is 31.2 Å². The second-order valence-electron chi connectivity index (χ2n) is 4.07. The standard InChI is InChI=1S/C13H15N3O2S/c1-3-16-11(6-9(2)15-16)8-19-12-7-10(13(17)18)4-5-14-12/h4-7H,3,8H2,1-2H3,(H,17,18). The first-order valence-corrected chi connectivity index (χ1v) is 6.94. The molecule has 0 fully saturated rings. The third kappa shape index (κ3) is 3.35. The van der Waals surface area contributed by atoms with E-state index in [2.05, 4.69) is 10.1 Å². The van der Waals surface area contributed by atoms with Crippen LogP contribution in [0, 0.1) is 6.92 Å². The molecule has 2 aromatic heterocycles. The van der Waals surface area contributed by atoms with Gasteiger partial charge in [0.15, 0.2) is 0 Å². The number of carboxylic acid groups (broad SMARTS) is 1. The minimum absolute atomic E-state index is 0.262. The van der Waals surface area contributed by atoms with Crippen molar-refractivity contribution in [2.75, 3.05) is 0 Å². The molecule has 0 aliphatic rings. The Hall–Kier alpha value is -1.82. The quantitative estimate of drug-likeness (QED) is 0.851. The molecule has 19 heavy (non-hydrogen) atoms. The largest absolute Gasteiger partial charge is 0.478 e. The van der Waals surface area contributed by atoms with Gasteiger partial charge in [-0.15, -0.1) is 11.8 Å². The van der Waals surface area contributed by atoms with Crippen LogP contribution in [-0.2, 0) is 12.3 Å². The Labute approximate surface area is 115 Å². The summed E-state index contributed by atoms with van der Waals surface area (Å²) in [6.45, 7) is 4.83. The van der Waals surface area contributed by atoms with Crippen molar-refractivity contribution in [1.82, 2.24) is 14.8 Å². The maximum atomic E-state index is 10.9. The number of carbonyl (C=O) groups is 1. The number of hydrogen-bond acceptors (Lipinski definition) is 4. The highest BCUT2D eigenvalue weighted by Gasteiger charge is 2.08. The van der Waals surface area contributed by atoms with E-state index in [0.29, 0.717) is 5.03 Å². The van der Waals surface area contributed by atoms with Crippen molar-refractivity contribution in [3.8, 4) is 0 Å².